The molecule has 0 aliphatic heterocycles. The molecule has 0 spiro atoms. The van der Waals surface area contributed by atoms with E-state index in [9.17, 15) is 19.8 Å². The van der Waals surface area contributed by atoms with Crippen LogP contribution in [-0.4, -0.2) is 47.4 Å². The molecule has 0 aliphatic carbocycles. The van der Waals surface area contributed by atoms with E-state index in [1.54, 1.807) is 6.08 Å². The Bertz CT molecular complexity index is 1270. The molecule has 6 heteroatoms. The minimum absolute atomic E-state index is 0.000668. The molecule has 0 saturated carbocycles. The maximum absolute atomic E-state index is 12.5. The molecular weight excluding hydrogens is 935 g/mol. The average Bonchev–Trinajstić information content (AvgIpc) is 3.42. The van der Waals surface area contributed by atoms with Crippen molar-refractivity contribution in [3.8, 4) is 0 Å². The Morgan fingerprint density at radius 3 is 1.01 bits per heavy atom. The first-order valence-electron chi connectivity index (χ1n) is 33.9. The van der Waals surface area contributed by atoms with Gasteiger partial charge in [-0.3, -0.25) is 9.59 Å². The van der Waals surface area contributed by atoms with Crippen LogP contribution in [0.1, 0.15) is 361 Å². The molecule has 446 valence electrons. The summed E-state index contributed by atoms with van der Waals surface area (Å²) in [4.78, 5) is 24.6. The van der Waals surface area contributed by atoms with Gasteiger partial charge in [-0.15, -0.1) is 0 Å². The van der Waals surface area contributed by atoms with Crippen molar-refractivity contribution in [1.82, 2.24) is 5.32 Å². The summed E-state index contributed by atoms with van der Waals surface area (Å²) in [6.45, 7) is 4.91. The lowest BCUT2D eigenvalue weighted by Gasteiger charge is -2.20. The average molecular weight is 1070 g/mol. The summed E-state index contributed by atoms with van der Waals surface area (Å²) < 4.78 is 5.48. The van der Waals surface area contributed by atoms with Crippen molar-refractivity contribution < 1.29 is 24.5 Å². The van der Waals surface area contributed by atoms with Crippen molar-refractivity contribution >= 4 is 11.9 Å². The van der Waals surface area contributed by atoms with Crippen LogP contribution in [0.4, 0.5) is 0 Å². The van der Waals surface area contributed by atoms with Crippen LogP contribution in [0.5, 0.6) is 0 Å². The molecule has 3 N–H and O–H groups in total. The Hall–Kier alpha value is -2.18. The van der Waals surface area contributed by atoms with Gasteiger partial charge < -0.3 is 20.3 Å². The number of rotatable bonds is 63. The summed E-state index contributed by atoms with van der Waals surface area (Å²) in [7, 11) is 0. The lowest BCUT2D eigenvalue weighted by molar-refractivity contribution is -0.143. The highest BCUT2D eigenvalue weighted by molar-refractivity contribution is 5.76. The van der Waals surface area contributed by atoms with Gasteiger partial charge in [0.05, 0.1) is 25.4 Å². The number of aliphatic hydroxyl groups excluding tert-OH is 2. The SMILES string of the molecule is CCCCCCCC/C=C\CCCCCCCC(=O)OCCCCCCCCCCC/C=C\C/C=C\CCCCCCCCCCCC(=O)NC(CO)C(O)/C=C/CCCCCCCCCCCCCCCCCCC. The number of amides is 1. The van der Waals surface area contributed by atoms with E-state index in [4.69, 9.17) is 4.74 Å². The Morgan fingerprint density at radius 2 is 0.658 bits per heavy atom. The van der Waals surface area contributed by atoms with Gasteiger partial charge in [0, 0.05) is 12.8 Å². The van der Waals surface area contributed by atoms with Gasteiger partial charge in [-0.2, -0.15) is 0 Å². The molecule has 0 aliphatic rings. The van der Waals surface area contributed by atoms with Crippen LogP contribution in [-0.2, 0) is 14.3 Å². The Morgan fingerprint density at radius 1 is 0.368 bits per heavy atom. The van der Waals surface area contributed by atoms with Gasteiger partial charge >= 0.3 is 5.97 Å². The summed E-state index contributed by atoms with van der Waals surface area (Å²) in [6, 6.07) is -0.634. The van der Waals surface area contributed by atoms with E-state index in [0.29, 0.717) is 19.4 Å². The molecular formula is C70H131NO5. The first-order valence-corrected chi connectivity index (χ1v) is 33.9. The van der Waals surface area contributed by atoms with Crippen LogP contribution >= 0.6 is 0 Å². The number of unbranched alkanes of at least 4 members (excludes halogenated alkanes) is 46. The van der Waals surface area contributed by atoms with E-state index in [1.807, 2.05) is 6.08 Å². The molecule has 0 aromatic heterocycles. The van der Waals surface area contributed by atoms with Crippen LogP contribution in [0.15, 0.2) is 48.6 Å². The van der Waals surface area contributed by atoms with E-state index in [1.165, 1.54) is 283 Å². The quantitative estimate of drug-likeness (QED) is 0.0320. The third kappa shape index (κ3) is 61.0. The highest BCUT2D eigenvalue weighted by atomic mass is 16.5. The van der Waals surface area contributed by atoms with Crippen molar-refractivity contribution in [3.05, 3.63) is 48.6 Å². The molecule has 0 radical (unpaired) electrons. The Balaban J connectivity index is 3.46. The predicted octanol–water partition coefficient (Wildman–Crippen LogP) is 21.7. The van der Waals surface area contributed by atoms with E-state index in [-0.39, 0.29) is 18.5 Å². The van der Waals surface area contributed by atoms with Gasteiger partial charge in [-0.1, -0.05) is 306 Å². The van der Waals surface area contributed by atoms with E-state index in [0.717, 1.165) is 51.4 Å². The van der Waals surface area contributed by atoms with Gasteiger partial charge in [0.1, 0.15) is 0 Å². The fourth-order valence-corrected chi connectivity index (χ4v) is 10.4. The Kier molecular flexibility index (Phi) is 63.5. The number of hydrogen-bond acceptors (Lipinski definition) is 5. The van der Waals surface area contributed by atoms with E-state index >= 15 is 0 Å². The lowest BCUT2D eigenvalue weighted by Crippen LogP contribution is -2.45. The van der Waals surface area contributed by atoms with E-state index in [2.05, 4.69) is 55.6 Å². The molecule has 0 heterocycles. The molecule has 0 aromatic carbocycles. The maximum atomic E-state index is 12.5. The fraction of sp³-hybridized carbons (Fsp3) is 0.857. The van der Waals surface area contributed by atoms with Gasteiger partial charge in [0.2, 0.25) is 5.91 Å². The first-order chi connectivity index (χ1) is 37.5. The number of hydrogen-bond donors (Lipinski definition) is 3. The number of ether oxygens (including phenoxy) is 1. The van der Waals surface area contributed by atoms with Crippen LogP contribution in [0.3, 0.4) is 0 Å². The zero-order valence-electron chi connectivity index (χ0n) is 51.0. The van der Waals surface area contributed by atoms with E-state index < -0.39 is 12.1 Å². The van der Waals surface area contributed by atoms with Crippen LogP contribution in [0.25, 0.3) is 0 Å². The smallest absolute Gasteiger partial charge is 0.305 e. The summed E-state index contributed by atoms with van der Waals surface area (Å²) in [5.41, 5.74) is 0. The lowest BCUT2D eigenvalue weighted by atomic mass is 10.0. The maximum Gasteiger partial charge on any atom is 0.305 e. The molecule has 0 rings (SSSR count). The second-order valence-electron chi connectivity index (χ2n) is 23.1. The zero-order chi connectivity index (χ0) is 55.0. The summed E-state index contributed by atoms with van der Waals surface area (Å²) in [5, 5.41) is 23.2. The number of allylic oxidation sites excluding steroid dienone is 7. The summed E-state index contributed by atoms with van der Waals surface area (Å²) in [6.07, 6.45) is 84.5. The molecule has 0 fully saturated rings. The minimum atomic E-state index is -0.850. The van der Waals surface area contributed by atoms with Crippen LogP contribution < -0.4 is 5.32 Å². The highest BCUT2D eigenvalue weighted by Crippen LogP contribution is 2.17. The normalized spacial score (nSPS) is 12.8. The monoisotopic (exact) mass is 1070 g/mol. The molecule has 2 atom stereocenters. The largest absolute Gasteiger partial charge is 0.466 e. The fourth-order valence-electron chi connectivity index (χ4n) is 10.4. The minimum Gasteiger partial charge on any atom is -0.466 e. The van der Waals surface area contributed by atoms with Crippen molar-refractivity contribution in [2.24, 2.45) is 0 Å². The second kappa shape index (κ2) is 65.3. The topological polar surface area (TPSA) is 95.9 Å². The molecule has 2 unspecified atom stereocenters. The first kappa shape index (κ1) is 73.8. The van der Waals surface area contributed by atoms with Gasteiger partial charge in [-0.25, -0.2) is 0 Å². The molecule has 0 saturated heterocycles. The Labute approximate surface area is 474 Å². The molecule has 76 heavy (non-hydrogen) atoms. The predicted molar refractivity (Wildman–Crippen MR) is 333 cm³/mol. The van der Waals surface area contributed by atoms with Crippen molar-refractivity contribution in [3.63, 3.8) is 0 Å². The third-order valence-electron chi connectivity index (χ3n) is 15.6. The summed E-state index contributed by atoms with van der Waals surface area (Å²) >= 11 is 0. The van der Waals surface area contributed by atoms with Crippen molar-refractivity contribution in [2.75, 3.05) is 13.2 Å². The molecule has 6 nitrogen and oxygen atoms in total. The molecule has 0 bridgehead atoms. The third-order valence-corrected chi connectivity index (χ3v) is 15.6. The molecule has 0 aromatic rings. The zero-order valence-corrected chi connectivity index (χ0v) is 51.0. The van der Waals surface area contributed by atoms with Crippen molar-refractivity contribution in [2.45, 2.75) is 373 Å². The number of nitrogens with one attached hydrogen (secondary N) is 1. The highest BCUT2D eigenvalue weighted by Gasteiger charge is 2.18. The molecule has 1 amide bonds. The van der Waals surface area contributed by atoms with Crippen LogP contribution in [0.2, 0.25) is 0 Å². The number of carbonyl (C=O) groups is 2. The second-order valence-corrected chi connectivity index (χ2v) is 23.1. The number of esters is 1. The number of aliphatic hydroxyl groups is 2. The standard InChI is InChI=1S/C70H131NO5/c1-3-5-7-9-11-13-15-17-19-20-28-31-35-38-42-46-50-54-58-62-68(73)67(66-72)71-69(74)63-59-55-51-47-43-39-36-32-29-26-24-22-21-23-25-27-30-33-37-41-45-49-53-57-61-65-76-70(75)64-60-56-52-48-44-40-34-18-16-14-12-10-8-6-4-2/h18,22-25,34,58,62,67-68,72-73H,3-17,19-21,26-33,35-57,59-61,63-66H2,1-2H3,(H,71,74)/b24-22-,25-23-,34-18-,62-58+. The van der Waals surface area contributed by atoms with Gasteiger partial charge in [-0.05, 0) is 89.9 Å². The van der Waals surface area contributed by atoms with Crippen molar-refractivity contribution in [1.29, 1.82) is 0 Å². The van der Waals surface area contributed by atoms with Gasteiger partial charge in [0.15, 0.2) is 0 Å². The van der Waals surface area contributed by atoms with Gasteiger partial charge in [0.25, 0.3) is 0 Å². The number of carbonyl (C=O) groups excluding carboxylic acids is 2. The van der Waals surface area contributed by atoms with Crippen LogP contribution in [0, 0.1) is 0 Å². The summed E-state index contributed by atoms with van der Waals surface area (Å²) in [5.74, 6) is -0.0713.